The van der Waals surface area contributed by atoms with Crippen molar-refractivity contribution in [3.8, 4) is 11.1 Å². The second kappa shape index (κ2) is 6.65. The summed E-state index contributed by atoms with van der Waals surface area (Å²) in [4.78, 5) is 19.6. The van der Waals surface area contributed by atoms with Crippen LogP contribution in [0.3, 0.4) is 0 Å². The summed E-state index contributed by atoms with van der Waals surface area (Å²) < 4.78 is 0. The summed E-state index contributed by atoms with van der Waals surface area (Å²) in [5.74, 6) is 0.854. The second-order valence-electron chi connectivity index (χ2n) is 5.90. The van der Waals surface area contributed by atoms with Crippen LogP contribution in [0.2, 0.25) is 0 Å². The number of rotatable bonds is 4. The third-order valence-corrected chi connectivity index (χ3v) is 4.08. The molecule has 0 amide bonds. The Kier molecular flexibility index (Phi) is 4.04. The number of hydrogen-bond acceptors (Lipinski definition) is 5. The molecule has 0 aliphatic rings. The van der Waals surface area contributed by atoms with E-state index in [1.54, 1.807) is 12.4 Å². The summed E-state index contributed by atoms with van der Waals surface area (Å²) in [6, 6.07) is 16.4. The number of hydrogen-bond donors (Lipinski definition) is 0. The predicted octanol–water partition coefficient (Wildman–Crippen LogP) is 3.72. The van der Waals surface area contributed by atoms with E-state index in [0.717, 1.165) is 34.5 Å². The highest BCUT2D eigenvalue weighted by Gasteiger charge is 2.07. The Morgan fingerprint density at radius 3 is 2.44 bits per heavy atom. The lowest BCUT2D eigenvalue weighted by Gasteiger charge is -2.18. The zero-order valence-electron chi connectivity index (χ0n) is 13.9. The predicted molar refractivity (Wildman–Crippen MR) is 99.1 cm³/mol. The monoisotopic (exact) mass is 327 g/mol. The second-order valence-corrected chi connectivity index (χ2v) is 5.90. The molecule has 25 heavy (non-hydrogen) atoms. The van der Waals surface area contributed by atoms with Gasteiger partial charge >= 0.3 is 0 Å². The number of benzene rings is 2. The highest BCUT2D eigenvalue weighted by atomic mass is 15.2. The van der Waals surface area contributed by atoms with Crippen molar-refractivity contribution in [1.82, 2.24) is 19.9 Å². The first-order chi connectivity index (χ1) is 12.3. The van der Waals surface area contributed by atoms with Crippen LogP contribution in [0.5, 0.6) is 0 Å². The van der Waals surface area contributed by atoms with E-state index in [-0.39, 0.29) is 0 Å². The molecule has 0 radical (unpaired) electrons. The minimum Gasteiger partial charge on any atom is -0.354 e. The molecule has 0 spiro atoms. The molecule has 0 atom stereocenters. The van der Waals surface area contributed by atoms with E-state index in [1.165, 1.54) is 11.9 Å². The standard InChI is InChI=1S/C20H17N5/c1-25(13-15-5-3-2-4-6-15)20-12-23-19-9-16(7-8-18(19)24-20)17-10-21-14-22-11-17/h2-12,14H,13H2,1H3. The van der Waals surface area contributed by atoms with Gasteiger partial charge in [-0.1, -0.05) is 36.4 Å². The van der Waals surface area contributed by atoms with E-state index in [0.29, 0.717) is 0 Å². The zero-order valence-corrected chi connectivity index (χ0v) is 13.9. The summed E-state index contributed by atoms with van der Waals surface area (Å²) >= 11 is 0. The number of nitrogens with zero attached hydrogens (tertiary/aromatic N) is 5. The Morgan fingerprint density at radius 2 is 1.64 bits per heavy atom. The van der Waals surface area contributed by atoms with Crippen molar-refractivity contribution in [3.05, 3.63) is 79.0 Å². The molecule has 0 aliphatic carbocycles. The molecule has 122 valence electrons. The van der Waals surface area contributed by atoms with Crippen LogP contribution < -0.4 is 4.90 Å². The SMILES string of the molecule is CN(Cc1ccccc1)c1cnc2cc(-c3cncnc3)ccc2n1. The molecular formula is C20H17N5. The Balaban J connectivity index is 1.62. The smallest absolute Gasteiger partial charge is 0.147 e. The molecule has 0 bridgehead atoms. The van der Waals surface area contributed by atoms with Crippen LogP contribution in [0.25, 0.3) is 22.2 Å². The molecule has 0 fully saturated rings. The van der Waals surface area contributed by atoms with E-state index in [4.69, 9.17) is 4.98 Å². The molecule has 0 N–H and O–H groups in total. The topological polar surface area (TPSA) is 54.8 Å². The Morgan fingerprint density at radius 1 is 0.840 bits per heavy atom. The maximum absolute atomic E-state index is 4.74. The largest absolute Gasteiger partial charge is 0.354 e. The van der Waals surface area contributed by atoms with Crippen molar-refractivity contribution in [3.63, 3.8) is 0 Å². The molecular weight excluding hydrogens is 310 g/mol. The molecule has 2 aromatic heterocycles. The highest BCUT2D eigenvalue weighted by Crippen LogP contribution is 2.23. The van der Waals surface area contributed by atoms with E-state index in [2.05, 4.69) is 32.0 Å². The molecule has 4 rings (SSSR count). The molecule has 5 nitrogen and oxygen atoms in total. The minimum absolute atomic E-state index is 0.792. The van der Waals surface area contributed by atoms with Gasteiger partial charge in [0.1, 0.15) is 12.1 Å². The van der Waals surface area contributed by atoms with Gasteiger partial charge in [-0.2, -0.15) is 0 Å². The summed E-state index contributed by atoms with van der Waals surface area (Å²) in [5, 5.41) is 0. The average molecular weight is 327 g/mol. The van der Waals surface area contributed by atoms with Gasteiger partial charge in [-0.05, 0) is 23.3 Å². The van der Waals surface area contributed by atoms with Crippen LogP contribution in [-0.2, 0) is 6.54 Å². The van der Waals surface area contributed by atoms with Crippen LogP contribution in [-0.4, -0.2) is 27.0 Å². The van der Waals surface area contributed by atoms with Crippen LogP contribution >= 0.6 is 0 Å². The maximum atomic E-state index is 4.74. The van der Waals surface area contributed by atoms with Crippen LogP contribution in [0.4, 0.5) is 5.82 Å². The fourth-order valence-corrected chi connectivity index (χ4v) is 2.75. The average Bonchev–Trinajstić information content (AvgIpc) is 2.68. The van der Waals surface area contributed by atoms with Crippen LogP contribution in [0.1, 0.15) is 5.56 Å². The lowest BCUT2D eigenvalue weighted by atomic mass is 10.1. The van der Waals surface area contributed by atoms with Crippen molar-refractivity contribution in [2.75, 3.05) is 11.9 Å². The highest BCUT2D eigenvalue weighted by molar-refractivity contribution is 5.81. The molecule has 5 heteroatoms. The van der Waals surface area contributed by atoms with Gasteiger partial charge < -0.3 is 4.90 Å². The first kappa shape index (κ1) is 15.2. The molecule has 0 unspecified atom stereocenters. The van der Waals surface area contributed by atoms with Crippen LogP contribution in [0, 0.1) is 0 Å². The molecule has 0 aliphatic heterocycles. The number of aromatic nitrogens is 4. The van der Waals surface area contributed by atoms with E-state index in [1.807, 2.05) is 49.6 Å². The van der Waals surface area contributed by atoms with Crippen LogP contribution in [0.15, 0.2) is 73.4 Å². The van der Waals surface area contributed by atoms with Gasteiger partial charge in [0.05, 0.1) is 17.2 Å². The first-order valence-electron chi connectivity index (χ1n) is 8.07. The molecule has 0 saturated carbocycles. The van der Waals surface area contributed by atoms with Gasteiger partial charge in [0.25, 0.3) is 0 Å². The van der Waals surface area contributed by atoms with E-state index < -0.39 is 0 Å². The normalized spacial score (nSPS) is 10.8. The third-order valence-electron chi connectivity index (χ3n) is 4.08. The van der Waals surface area contributed by atoms with Gasteiger partial charge in [-0.15, -0.1) is 0 Å². The lowest BCUT2D eigenvalue weighted by molar-refractivity contribution is 0.897. The van der Waals surface area contributed by atoms with E-state index in [9.17, 15) is 0 Å². The lowest BCUT2D eigenvalue weighted by Crippen LogP contribution is -2.17. The summed E-state index contributed by atoms with van der Waals surface area (Å²) in [5.41, 5.74) is 4.98. The van der Waals surface area contributed by atoms with Gasteiger partial charge in [-0.3, -0.25) is 4.98 Å². The molecule has 2 aromatic carbocycles. The fraction of sp³-hybridized carbons (Fsp3) is 0.100. The molecule has 2 heterocycles. The van der Waals surface area contributed by atoms with Crippen molar-refractivity contribution >= 4 is 16.9 Å². The maximum Gasteiger partial charge on any atom is 0.147 e. The number of anilines is 1. The van der Waals surface area contributed by atoms with Gasteiger partial charge in [0, 0.05) is 31.5 Å². The van der Waals surface area contributed by atoms with Crippen molar-refractivity contribution in [2.45, 2.75) is 6.54 Å². The summed E-state index contributed by atoms with van der Waals surface area (Å²) in [6.07, 6.45) is 6.93. The van der Waals surface area contributed by atoms with Crippen molar-refractivity contribution < 1.29 is 0 Å². The third kappa shape index (κ3) is 3.30. The molecule has 0 saturated heterocycles. The minimum atomic E-state index is 0.792. The van der Waals surface area contributed by atoms with Crippen molar-refractivity contribution in [2.24, 2.45) is 0 Å². The van der Waals surface area contributed by atoms with Gasteiger partial charge in [-0.25, -0.2) is 15.0 Å². The first-order valence-corrected chi connectivity index (χ1v) is 8.07. The zero-order chi connectivity index (χ0) is 17.1. The Bertz CT molecular complexity index is 987. The quantitative estimate of drug-likeness (QED) is 0.572. The van der Waals surface area contributed by atoms with E-state index >= 15 is 0 Å². The Labute approximate surface area is 146 Å². The van der Waals surface area contributed by atoms with Crippen molar-refractivity contribution in [1.29, 1.82) is 0 Å². The van der Waals surface area contributed by atoms with Gasteiger partial charge in [0.2, 0.25) is 0 Å². The fourth-order valence-electron chi connectivity index (χ4n) is 2.75. The molecule has 4 aromatic rings. The Hall–Kier alpha value is -3.34. The van der Waals surface area contributed by atoms with Gasteiger partial charge in [0.15, 0.2) is 0 Å². The summed E-state index contributed by atoms with van der Waals surface area (Å²) in [7, 11) is 2.03. The summed E-state index contributed by atoms with van der Waals surface area (Å²) in [6.45, 7) is 0.792. The number of fused-ring (bicyclic) bond motifs is 1.